The van der Waals surface area contributed by atoms with Gasteiger partial charge in [0.25, 0.3) is 5.91 Å². The molecular weight excluding hydrogens is 346 g/mol. The summed E-state index contributed by atoms with van der Waals surface area (Å²) in [6.07, 6.45) is 0. The molecule has 0 bridgehead atoms. The summed E-state index contributed by atoms with van der Waals surface area (Å²) >= 11 is 0. The zero-order valence-electron chi connectivity index (χ0n) is 15.2. The predicted octanol–water partition coefficient (Wildman–Crippen LogP) is 4.52. The zero-order valence-corrected chi connectivity index (χ0v) is 15.2. The molecule has 1 N–H and O–H groups in total. The number of furan rings is 1. The molecule has 0 saturated heterocycles. The fourth-order valence-electron chi connectivity index (χ4n) is 2.40. The van der Waals surface area contributed by atoms with E-state index in [1.54, 1.807) is 55.6 Å². The van der Waals surface area contributed by atoms with Gasteiger partial charge in [-0.1, -0.05) is 0 Å². The third-order valence-corrected chi connectivity index (χ3v) is 3.75. The van der Waals surface area contributed by atoms with Crippen molar-refractivity contribution in [3.05, 3.63) is 72.2 Å². The second-order valence-corrected chi connectivity index (χ2v) is 5.64. The molecule has 1 amide bonds. The fourth-order valence-corrected chi connectivity index (χ4v) is 2.40. The van der Waals surface area contributed by atoms with Crippen LogP contribution < -0.4 is 19.5 Å². The number of carbonyl (C=O) groups is 1. The second kappa shape index (κ2) is 8.80. The first-order valence-electron chi connectivity index (χ1n) is 8.57. The maximum atomic E-state index is 12.3. The summed E-state index contributed by atoms with van der Waals surface area (Å²) in [4.78, 5) is 12.3. The number of amides is 1. The third-order valence-electron chi connectivity index (χ3n) is 3.75. The molecule has 0 fully saturated rings. The first-order chi connectivity index (χ1) is 13.2. The van der Waals surface area contributed by atoms with Gasteiger partial charge in [0.15, 0.2) is 5.76 Å². The number of anilines is 1. The Bertz CT molecular complexity index is 868. The van der Waals surface area contributed by atoms with Crippen molar-refractivity contribution in [2.75, 3.05) is 19.0 Å². The Balaban J connectivity index is 1.55. The molecular formula is C21H21NO5. The summed E-state index contributed by atoms with van der Waals surface area (Å²) in [6, 6.07) is 17.7. The van der Waals surface area contributed by atoms with Crippen molar-refractivity contribution in [1.82, 2.24) is 0 Å². The lowest BCUT2D eigenvalue weighted by Crippen LogP contribution is -2.10. The Morgan fingerprint density at radius 2 is 1.52 bits per heavy atom. The molecule has 0 aliphatic carbocycles. The van der Waals surface area contributed by atoms with Gasteiger partial charge < -0.3 is 23.9 Å². The molecule has 0 atom stereocenters. The van der Waals surface area contributed by atoms with E-state index in [4.69, 9.17) is 18.6 Å². The van der Waals surface area contributed by atoms with Crippen molar-refractivity contribution in [3.8, 4) is 17.2 Å². The average Bonchev–Trinajstić information content (AvgIpc) is 3.18. The Kier molecular flexibility index (Phi) is 5.99. The van der Waals surface area contributed by atoms with Crippen LogP contribution in [0.2, 0.25) is 0 Å². The number of hydrogen-bond acceptors (Lipinski definition) is 5. The number of benzene rings is 2. The quantitative estimate of drug-likeness (QED) is 0.634. The van der Waals surface area contributed by atoms with E-state index >= 15 is 0 Å². The molecule has 0 spiro atoms. The van der Waals surface area contributed by atoms with Crippen molar-refractivity contribution in [3.63, 3.8) is 0 Å². The van der Waals surface area contributed by atoms with Crippen LogP contribution in [0.15, 0.2) is 65.1 Å². The Morgan fingerprint density at radius 3 is 2.19 bits per heavy atom. The molecule has 1 heterocycles. The first-order valence-corrected chi connectivity index (χ1v) is 8.57. The lowest BCUT2D eigenvalue weighted by atomic mass is 10.3. The second-order valence-electron chi connectivity index (χ2n) is 5.64. The molecule has 0 aliphatic rings. The Hall–Kier alpha value is -3.41. The summed E-state index contributed by atoms with van der Waals surface area (Å²) in [5, 5.41) is 2.78. The molecule has 0 aliphatic heterocycles. The van der Waals surface area contributed by atoms with Crippen LogP contribution in [0.4, 0.5) is 5.69 Å². The molecule has 6 heteroatoms. The highest BCUT2D eigenvalue weighted by Crippen LogP contribution is 2.20. The molecule has 2 aromatic carbocycles. The van der Waals surface area contributed by atoms with Gasteiger partial charge in [0.05, 0.1) is 13.7 Å². The van der Waals surface area contributed by atoms with E-state index in [1.165, 1.54) is 0 Å². The molecule has 3 aromatic rings. The topological polar surface area (TPSA) is 69.9 Å². The van der Waals surface area contributed by atoms with Gasteiger partial charge in [-0.05, 0) is 67.6 Å². The predicted molar refractivity (Wildman–Crippen MR) is 102 cm³/mol. The lowest BCUT2D eigenvalue weighted by Gasteiger charge is -2.06. The standard InChI is InChI=1S/C21H21NO5/c1-3-25-17-6-4-15(5-7-17)22-21(23)20-13-12-19(27-20)14-26-18-10-8-16(24-2)9-11-18/h4-13H,3,14H2,1-2H3,(H,22,23). The summed E-state index contributed by atoms with van der Waals surface area (Å²) in [6.45, 7) is 2.74. The minimum atomic E-state index is -0.324. The van der Waals surface area contributed by atoms with Crippen molar-refractivity contribution in [2.45, 2.75) is 13.5 Å². The molecule has 3 rings (SSSR count). The summed E-state index contributed by atoms with van der Waals surface area (Å²) in [7, 11) is 1.61. The van der Waals surface area contributed by atoms with Gasteiger partial charge in [0.2, 0.25) is 0 Å². The van der Waals surface area contributed by atoms with E-state index in [0.29, 0.717) is 23.8 Å². The van der Waals surface area contributed by atoms with E-state index in [1.807, 2.05) is 19.1 Å². The van der Waals surface area contributed by atoms with Crippen LogP contribution in [0.25, 0.3) is 0 Å². The average molecular weight is 367 g/mol. The normalized spacial score (nSPS) is 10.3. The van der Waals surface area contributed by atoms with Crippen LogP contribution >= 0.6 is 0 Å². The summed E-state index contributed by atoms with van der Waals surface area (Å²) in [5.41, 5.74) is 0.663. The van der Waals surface area contributed by atoms with Crippen LogP contribution in [0.5, 0.6) is 17.2 Å². The number of nitrogens with one attached hydrogen (secondary N) is 1. The van der Waals surface area contributed by atoms with Crippen LogP contribution in [0.1, 0.15) is 23.2 Å². The van der Waals surface area contributed by atoms with Crippen LogP contribution in [-0.2, 0) is 6.61 Å². The number of ether oxygens (including phenoxy) is 3. The summed E-state index contributed by atoms with van der Waals surface area (Å²) < 4.78 is 21.7. The van der Waals surface area contributed by atoms with Crippen LogP contribution in [0, 0.1) is 0 Å². The van der Waals surface area contributed by atoms with E-state index in [-0.39, 0.29) is 18.3 Å². The third kappa shape index (κ3) is 5.04. The highest BCUT2D eigenvalue weighted by molar-refractivity contribution is 6.02. The number of carbonyl (C=O) groups excluding carboxylic acids is 1. The monoisotopic (exact) mass is 367 g/mol. The Labute approximate surface area is 157 Å². The van der Waals surface area contributed by atoms with E-state index in [9.17, 15) is 4.79 Å². The molecule has 6 nitrogen and oxygen atoms in total. The molecule has 27 heavy (non-hydrogen) atoms. The van der Waals surface area contributed by atoms with E-state index in [0.717, 1.165) is 11.5 Å². The van der Waals surface area contributed by atoms with Gasteiger partial charge in [0, 0.05) is 5.69 Å². The van der Waals surface area contributed by atoms with E-state index < -0.39 is 0 Å². The SMILES string of the molecule is CCOc1ccc(NC(=O)c2ccc(COc3ccc(OC)cc3)o2)cc1. The van der Waals surface area contributed by atoms with E-state index in [2.05, 4.69) is 5.32 Å². The van der Waals surface area contributed by atoms with Crippen LogP contribution in [0.3, 0.4) is 0 Å². The Morgan fingerprint density at radius 1 is 0.889 bits per heavy atom. The van der Waals surface area contributed by atoms with Crippen LogP contribution in [-0.4, -0.2) is 19.6 Å². The maximum Gasteiger partial charge on any atom is 0.291 e. The van der Waals surface area contributed by atoms with Gasteiger partial charge in [-0.3, -0.25) is 4.79 Å². The zero-order chi connectivity index (χ0) is 19.1. The van der Waals surface area contributed by atoms with Gasteiger partial charge >= 0.3 is 0 Å². The van der Waals surface area contributed by atoms with Crippen molar-refractivity contribution < 1.29 is 23.4 Å². The highest BCUT2D eigenvalue weighted by atomic mass is 16.5. The molecule has 0 radical (unpaired) electrons. The lowest BCUT2D eigenvalue weighted by molar-refractivity contribution is 0.0992. The minimum absolute atomic E-state index is 0.220. The number of hydrogen-bond donors (Lipinski definition) is 1. The maximum absolute atomic E-state index is 12.3. The van der Waals surface area contributed by atoms with Crippen molar-refractivity contribution in [2.24, 2.45) is 0 Å². The molecule has 0 unspecified atom stereocenters. The fraction of sp³-hybridized carbons (Fsp3) is 0.190. The van der Waals surface area contributed by atoms with Gasteiger partial charge in [-0.25, -0.2) is 0 Å². The first kappa shape index (κ1) is 18.4. The summed E-state index contributed by atoms with van der Waals surface area (Å²) in [5.74, 6) is 2.65. The largest absolute Gasteiger partial charge is 0.497 e. The van der Waals surface area contributed by atoms with Gasteiger partial charge in [-0.2, -0.15) is 0 Å². The highest BCUT2D eigenvalue weighted by Gasteiger charge is 2.12. The number of rotatable bonds is 8. The smallest absolute Gasteiger partial charge is 0.291 e. The van der Waals surface area contributed by atoms with Gasteiger partial charge in [0.1, 0.15) is 29.6 Å². The van der Waals surface area contributed by atoms with Gasteiger partial charge in [-0.15, -0.1) is 0 Å². The van der Waals surface area contributed by atoms with Crippen molar-refractivity contribution >= 4 is 11.6 Å². The number of methoxy groups -OCH3 is 1. The molecule has 140 valence electrons. The van der Waals surface area contributed by atoms with Crippen molar-refractivity contribution in [1.29, 1.82) is 0 Å². The molecule has 1 aromatic heterocycles. The minimum Gasteiger partial charge on any atom is -0.497 e. The molecule has 0 saturated carbocycles.